The first kappa shape index (κ1) is 17.6. The van der Waals surface area contributed by atoms with Crippen molar-refractivity contribution in [3.05, 3.63) is 0 Å². The van der Waals surface area contributed by atoms with Gasteiger partial charge in [0.25, 0.3) is 10.2 Å². The summed E-state index contributed by atoms with van der Waals surface area (Å²) in [5.74, 6) is -3.06. The fourth-order valence-electron chi connectivity index (χ4n) is 0.906. The average molecular weight is 308 g/mol. The zero-order chi connectivity index (χ0) is 15.3. The van der Waals surface area contributed by atoms with E-state index in [1.807, 2.05) is 0 Å². The maximum Gasteiger partial charge on any atom is 0.402 e. The third-order valence-electron chi connectivity index (χ3n) is 1.71. The number of rotatable bonds is 8. The van der Waals surface area contributed by atoms with Crippen LogP contribution in [0.15, 0.2) is 0 Å². The molecule has 4 N–H and O–H groups in total. The molecule has 0 heterocycles. The molecule has 1 atom stereocenters. The maximum absolute atomic E-state index is 11.8. The first-order valence-electron chi connectivity index (χ1n) is 4.71. The second-order valence-corrected chi connectivity index (χ2v) is 4.91. The number of hydrogen-bond acceptors (Lipinski definition) is 4. The maximum atomic E-state index is 11.8. The van der Waals surface area contributed by atoms with Crippen molar-refractivity contribution in [3.63, 3.8) is 0 Å². The van der Waals surface area contributed by atoms with Gasteiger partial charge in [-0.05, 0) is 6.42 Å². The molecular weight excluding hydrogens is 297 g/mol. The summed E-state index contributed by atoms with van der Waals surface area (Å²) in [5, 5.41) is 16.9. The molecule has 0 unspecified atom stereocenters. The van der Waals surface area contributed by atoms with Crippen LogP contribution >= 0.6 is 0 Å². The van der Waals surface area contributed by atoms with Gasteiger partial charge >= 0.3 is 18.1 Å². The van der Waals surface area contributed by atoms with Crippen LogP contribution in [-0.2, 0) is 19.8 Å². The number of carboxylic acid groups (broad SMARTS) is 2. The first-order valence-corrected chi connectivity index (χ1v) is 6.19. The first-order chi connectivity index (χ1) is 8.43. The molecule has 8 nitrogen and oxygen atoms in total. The molecule has 0 rings (SSSR count). The number of alkyl halides is 3. The highest BCUT2D eigenvalue weighted by Crippen LogP contribution is 2.12. The minimum atomic E-state index is -4.80. The Bertz CT molecular complexity index is 435. The Kier molecular flexibility index (Phi) is 6.18. The van der Waals surface area contributed by atoms with E-state index in [0.717, 1.165) is 4.72 Å². The second kappa shape index (κ2) is 6.68. The standard InChI is InChI=1S/C7H11F3N2O6S/c8-7(9,10)3-11-19(17,18)12-4(6(15)16)1-2-5(13)14/h4,11-12H,1-3H2,(H,13,14)(H,15,16)/t4-/m0/s1. The lowest BCUT2D eigenvalue weighted by molar-refractivity contribution is -0.140. The lowest BCUT2D eigenvalue weighted by atomic mass is 10.2. The molecule has 0 bridgehead atoms. The number of nitrogens with one attached hydrogen (secondary N) is 2. The van der Waals surface area contributed by atoms with Crippen molar-refractivity contribution in [2.24, 2.45) is 0 Å². The van der Waals surface area contributed by atoms with Crippen molar-refractivity contribution in [2.45, 2.75) is 25.1 Å². The van der Waals surface area contributed by atoms with E-state index in [2.05, 4.69) is 0 Å². The van der Waals surface area contributed by atoms with Crippen LogP contribution in [0.3, 0.4) is 0 Å². The molecule has 0 aliphatic rings. The Morgan fingerprint density at radius 1 is 1.21 bits per heavy atom. The summed E-state index contributed by atoms with van der Waals surface area (Å²) >= 11 is 0. The van der Waals surface area contributed by atoms with Crippen molar-refractivity contribution in [3.8, 4) is 0 Å². The highest BCUT2D eigenvalue weighted by Gasteiger charge is 2.31. The summed E-state index contributed by atoms with van der Waals surface area (Å²) in [6.07, 6.45) is -6.05. The van der Waals surface area contributed by atoms with Crippen molar-refractivity contribution >= 4 is 22.1 Å². The average Bonchev–Trinajstić information content (AvgIpc) is 2.20. The summed E-state index contributed by atoms with van der Waals surface area (Å²) in [7, 11) is -4.70. The van der Waals surface area contributed by atoms with Gasteiger partial charge in [-0.1, -0.05) is 0 Å². The number of aliphatic carboxylic acids is 2. The molecule has 0 fully saturated rings. The Balaban J connectivity index is 4.56. The van der Waals surface area contributed by atoms with Gasteiger partial charge in [0.15, 0.2) is 0 Å². The van der Waals surface area contributed by atoms with E-state index < -0.39 is 53.8 Å². The fourth-order valence-corrected chi connectivity index (χ4v) is 1.94. The fraction of sp³-hybridized carbons (Fsp3) is 0.714. The minimum absolute atomic E-state index is 0.600. The van der Waals surface area contributed by atoms with Gasteiger partial charge in [0.1, 0.15) is 12.6 Å². The molecule has 19 heavy (non-hydrogen) atoms. The van der Waals surface area contributed by atoms with Gasteiger partial charge in [-0.3, -0.25) is 9.59 Å². The van der Waals surface area contributed by atoms with E-state index in [0.29, 0.717) is 0 Å². The Labute approximate surface area is 105 Å². The van der Waals surface area contributed by atoms with Crippen LogP contribution in [0, 0.1) is 0 Å². The van der Waals surface area contributed by atoms with E-state index in [1.54, 1.807) is 0 Å². The van der Waals surface area contributed by atoms with Crippen LogP contribution in [0.5, 0.6) is 0 Å². The number of carbonyl (C=O) groups is 2. The summed E-state index contributed by atoms with van der Waals surface area (Å²) in [6.45, 7) is -1.87. The Hall–Kier alpha value is -1.40. The SMILES string of the molecule is O=C(O)CC[C@H](NS(=O)(=O)NCC(F)(F)F)C(=O)O. The molecule has 112 valence electrons. The molecule has 12 heteroatoms. The molecule has 0 aromatic carbocycles. The Morgan fingerprint density at radius 2 is 1.74 bits per heavy atom. The van der Waals surface area contributed by atoms with Gasteiger partial charge in [-0.25, -0.2) is 0 Å². The second-order valence-electron chi connectivity index (χ2n) is 3.38. The van der Waals surface area contributed by atoms with Crippen LogP contribution in [0.25, 0.3) is 0 Å². The molecule has 0 aromatic rings. The van der Waals surface area contributed by atoms with E-state index in [9.17, 15) is 31.2 Å². The van der Waals surface area contributed by atoms with Gasteiger partial charge in [0.2, 0.25) is 0 Å². The molecule has 0 spiro atoms. The van der Waals surface area contributed by atoms with Crippen LogP contribution in [-0.4, -0.2) is 49.3 Å². The lowest BCUT2D eigenvalue weighted by Gasteiger charge is -2.15. The summed E-state index contributed by atoms with van der Waals surface area (Å²) in [5.41, 5.74) is 0. The third kappa shape index (κ3) is 9.21. The third-order valence-corrected chi connectivity index (χ3v) is 2.82. The molecule has 0 radical (unpaired) electrons. The largest absolute Gasteiger partial charge is 0.481 e. The van der Waals surface area contributed by atoms with Crippen molar-refractivity contribution in [2.75, 3.05) is 6.54 Å². The van der Waals surface area contributed by atoms with Crippen molar-refractivity contribution in [1.29, 1.82) is 0 Å². The lowest BCUT2D eigenvalue weighted by Crippen LogP contribution is -2.48. The van der Waals surface area contributed by atoms with Gasteiger partial charge in [-0.15, -0.1) is 0 Å². The van der Waals surface area contributed by atoms with Crippen molar-refractivity contribution in [1.82, 2.24) is 9.44 Å². The smallest absolute Gasteiger partial charge is 0.402 e. The van der Waals surface area contributed by atoms with Crippen molar-refractivity contribution < 1.29 is 41.4 Å². The van der Waals surface area contributed by atoms with Crippen LogP contribution in [0.4, 0.5) is 13.2 Å². The topological polar surface area (TPSA) is 133 Å². The number of hydrogen-bond donors (Lipinski definition) is 4. The highest BCUT2D eigenvalue weighted by molar-refractivity contribution is 7.87. The zero-order valence-corrected chi connectivity index (χ0v) is 10.1. The summed E-state index contributed by atoms with van der Waals surface area (Å²) in [4.78, 5) is 20.8. The zero-order valence-electron chi connectivity index (χ0n) is 9.27. The quantitative estimate of drug-likeness (QED) is 0.468. The van der Waals surface area contributed by atoms with E-state index in [1.165, 1.54) is 4.72 Å². The molecular formula is C7H11F3N2O6S. The van der Waals surface area contributed by atoms with E-state index in [4.69, 9.17) is 10.2 Å². The predicted molar refractivity (Wildman–Crippen MR) is 54.4 cm³/mol. The van der Waals surface area contributed by atoms with E-state index >= 15 is 0 Å². The normalized spacial score (nSPS) is 14.1. The number of halogens is 3. The molecule has 0 aliphatic heterocycles. The Morgan fingerprint density at radius 3 is 2.11 bits per heavy atom. The molecule has 0 aromatic heterocycles. The van der Waals surface area contributed by atoms with Crippen LogP contribution < -0.4 is 9.44 Å². The molecule has 0 aliphatic carbocycles. The highest BCUT2D eigenvalue weighted by atomic mass is 32.2. The number of carboxylic acids is 2. The monoisotopic (exact) mass is 308 g/mol. The summed E-state index contributed by atoms with van der Waals surface area (Å²) in [6, 6.07) is -1.83. The molecule has 0 saturated carbocycles. The van der Waals surface area contributed by atoms with Crippen LogP contribution in [0.1, 0.15) is 12.8 Å². The summed E-state index contributed by atoms with van der Waals surface area (Å²) < 4.78 is 60.1. The molecule has 0 amide bonds. The van der Waals surface area contributed by atoms with E-state index in [-0.39, 0.29) is 0 Å². The van der Waals surface area contributed by atoms with Crippen LogP contribution in [0.2, 0.25) is 0 Å². The van der Waals surface area contributed by atoms with Gasteiger partial charge in [0, 0.05) is 6.42 Å². The van der Waals surface area contributed by atoms with Gasteiger partial charge in [0.05, 0.1) is 0 Å². The minimum Gasteiger partial charge on any atom is -0.481 e. The van der Waals surface area contributed by atoms with Gasteiger partial charge < -0.3 is 10.2 Å². The van der Waals surface area contributed by atoms with Gasteiger partial charge in [-0.2, -0.15) is 31.0 Å². The predicted octanol–water partition coefficient (Wildman–Crippen LogP) is -0.709. The molecule has 0 saturated heterocycles.